The minimum atomic E-state index is -1.53. The monoisotopic (exact) mass is 435 g/mol. The van der Waals surface area contributed by atoms with Gasteiger partial charge in [-0.15, -0.1) is 0 Å². The molecule has 1 aliphatic heterocycles. The Balaban J connectivity index is 2.02. The molecule has 0 fully saturated rings. The highest BCUT2D eigenvalue weighted by Gasteiger charge is 2.50. The lowest BCUT2D eigenvalue weighted by Gasteiger charge is -2.27. The van der Waals surface area contributed by atoms with E-state index in [1.807, 2.05) is 26.0 Å². The van der Waals surface area contributed by atoms with Crippen LogP contribution in [0.5, 0.6) is 0 Å². The van der Waals surface area contributed by atoms with E-state index in [1.165, 1.54) is 42.5 Å². The van der Waals surface area contributed by atoms with Crippen LogP contribution < -0.4 is 5.73 Å². The molecule has 3 heterocycles. The fraction of sp³-hybridized carbons (Fsp3) is 0.250. The number of pyridine rings is 2. The Morgan fingerprint density at radius 2 is 1.62 bits per heavy atom. The van der Waals surface area contributed by atoms with Crippen LogP contribution in [0.1, 0.15) is 36.4 Å². The molecule has 0 spiro atoms. The zero-order chi connectivity index (χ0) is 23.0. The molecule has 0 bridgehead atoms. The van der Waals surface area contributed by atoms with Crippen molar-refractivity contribution in [2.45, 2.75) is 32.2 Å². The van der Waals surface area contributed by atoms with Crippen molar-refractivity contribution in [3.8, 4) is 11.1 Å². The van der Waals surface area contributed by atoms with E-state index in [4.69, 9.17) is 5.73 Å². The molecule has 164 valence electrons. The minimum Gasteiger partial charge on any atom is -0.369 e. The fourth-order valence-corrected chi connectivity index (χ4v) is 3.94. The number of carbonyl (C=O) groups excluding carboxylic acids is 1. The van der Waals surface area contributed by atoms with E-state index < -0.39 is 17.2 Å². The predicted molar refractivity (Wildman–Crippen MR) is 118 cm³/mol. The van der Waals surface area contributed by atoms with Gasteiger partial charge in [-0.2, -0.15) is 0 Å². The number of halogens is 2. The number of benzene rings is 1. The quantitative estimate of drug-likeness (QED) is 0.664. The molecule has 2 N–H and O–H groups in total. The first-order chi connectivity index (χ1) is 15.3. The van der Waals surface area contributed by atoms with Crippen LogP contribution in [0.15, 0.2) is 53.8 Å². The first-order valence-electron chi connectivity index (χ1n) is 10.4. The zero-order valence-corrected chi connectivity index (χ0v) is 18.1. The topological polar surface area (TPSA) is 84.5 Å². The molecule has 6 nitrogen and oxygen atoms in total. The molecule has 1 atom stereocenters. The van der Waals surface area contributed by atoms with Gasteiger partial charge in [-0.3, -0.25) is 19.7 Å². The number of guanidine groups is 1. The highest BCUT2D eigenvalue weighted by atomic mass is 19.1. The summed E-state index contributed by atoms with van der Waals surface area (Å²) in [6.45, 7) is 3.94. The Kier molecular flexibility index (Phi) is 5.46. The van der Waals surface area contributed by atoms with Crippen molar-refractivity contribution >= 4 is 11.9 Å². The summed E-state index contributed by atoms with van der Waals surface area (Å²) < 4.78 is 29.2. The van der Waals surface area contributed by atoms with E-state index in [-0.39, 0.29) is 23.0 Å². The van der Waals surface area contributed by atoms with E-state index in [9.17, 15) is 13.6 Å². The summed E-state index contributed by atoms with van der Waals surface area (Å²) in [5.41, 5.74) is 7.08. The number of aliphatic imine (C=N–C) groups is 1. The first-order valence-corrected chi connectivity index (χ1v) is 10.4. The van der Waals surface area contributed by atoms with Crippen LogP contribution in [0.2, 0.25) is 0 Å². The Labute approximate surface area is 184 Å². The van der Waals surface area contributed by atoms with Gasteiger partial charge in [0.25, 0.3) is 5.91 Å². The molecule has 3 aromatic rings. The van der Waals surface area contributed by atoms with Gasteiger partial charge >= 0.3 is 0 Å². The average molecular weight is 435 g/mol. The second-order valence-electron chi connectivity index (χ2n) is 7.64. The third kappa shape index (κ3) is 3.32. The zero-order valence-electron chi connectivity index (χ0n) is 18.1. The van der Waals surface area contributed by atoms with Gasteiger partial charge in [0, 0.05) is 42.0 Å². The largest absolute Gasteiger partial charge is 0.369 e. The number of rotatable bonds is 5. The molecule has 1 unspecified atom stereocenters. The molecule has 1 aromatic carbocycles. The number of hydrogen-bond donors (Lipinski definition) is 1. The molecule has 2 aromatic heterocycles. The normalized spacial score (nSPS) is 18.2. The number of aromatic nitrogens is 2. The summed E-state index contributed by atoms with van der Waals surface area (Å²) in [7, 11) is 1.54. The number of carbonyl (C=O) groups is 1. The van der Waals surface area contributed by atoms with Crippen LogP contribution in [0.3, 0.4) is 0 Å². The summed E-state index contributed by atoms with van der Waals surface area (Å²) >= 11 is 0. The summed E-state index contributed by atoms with van der Waals surface area (Å²) in [5.74, 6) is -1.59. The average Bonchev–Trinajstić information content (AvgIpc) is 3.04. The Morgan fingerprint density at radius 1 is 0.969 bits per heavy atom. The van der Waals surface area contributed by atoms with Crippen molar-refractivity contribution in [3.05, 3.63) is 82.9 Å². The maximum Gasteiger partial charge on any atom is 0.266 e. The van der Waals surface area contributed by atoms with Crippen LogP contribution >= 0.6 is 0 Å². The van der Waals surface area contributed by atoms with Gasteiger partial charge in [-0.1, -0.05) is 19.9 Å². The van der Waals surface area contributed by atoms with Gasteiger partial charge in [0.15, 0.2) is 11.5 Å². The maximum absolute atomic E-state index is 14.8. The number of likely N-dealkylation sites (N-methyl/N-ethyl adjacent to an activating group) is 1. The molecule has 0 aliphatic carbocycles. The number of aryl methyl sites for hydroxylation is 2. The lowest BCUT2D eigenvalue weighted by atomic mass is 9.81. The molecular weight excluding hydrogens is 412 g/mol. The van der Waals surface area contributed by atoms with Crippen molar-refractivity contribution in [1.29, 1.82) is 0 Å². The van der Waals surface area contributed by atoms with Crippen LogP contribution in [0, 0.1) is 11.6 Å². The van der Waals surface area contributed by atoms with Gasteiger partial charge in [0.1, 0.15) is 11.6 Å². The van der Waals surface area contributed by atoms with E-state index in [2.05, 4.69) is 15.0 Å². The number of nitrogens with zero attached hydrogens (tertiary/aromatic N) is 4. The van der Waals surface area contributed by atoms with E-state index in [0.29, 0.717) is 24.0 Å². The van der Waals surface area contributed by atoms with Crippen LogP contribution in [-0.4, -0.2) is 33.8 Å². The molecule has 8 heteroatoms. The van der Waals surface area contributed by atoms with Gasteiger partial charge in [0.05, 0.1) is 0 Å². The van der Waals surface area contributed by atoms with E-state index >= 15 is 0 Å². The number of amides is 1. The third-order valence-electron chi connectivity index (χ3n) is 5.76. The highest BCUT2D eigenvalue weighted by Crippen LogP contribution is 2.41. The summed E-state index contributed by atoms with van der Waals surface area (Å²) in [6.07, 6.45) is 3.87. The van der Waals surface area contributed by atoms with Gasteiger partial charge in [0.2, 0.25) is 0 Å². The smallest absolute Gasteiger partial charge is 0.266 e. The fourth-order valence-electron chi connectivity index (χ4n) is 3.94. The summed E-state index contributed by atoms with van der Waals surface area (Å²) in [5, 5.41) is 0. The van der Waals surface area contributed by atoms with Crippen LogP contribution in [0.4, 0.5) is 8.78 Å². The Hall–Kier alpha value is -3.68. The summed E-state index contributed by atoms with van der Waals surface area (Å²) in [4.78, 5) is 27.9. The van der Waals surface area contributed by atoms with Crippen LogP contribution in [0.25, 0.3) is 11.1 Å². The third-order valence-corrected chi connectivity index (χ3v) is 5.76. The second-order valence-corrected chi connectivity index (χ2v) is 7.64. The minimum absolute atomic E-state index is 0.00373. The van der Waals surface area contributed by atoms with Crippen molar-refractivity contribution < 1.29 is 13.6 Å². The van der Waals surface area contributed by atoms with Crippen LogP contribution in [-0.2, 0) is 23.2 Å². The second kappa shape index (κ2) is 8.11. The molecule has 32 heavy (non-hydrogen) atoms. The predicted octanol–water partition coefficient (Wildman–Crippen LogP) is 3.58. The SMILES string of the molecule is CCc1cc(C2(c3ccc(F)c(-c4cnccc4F)c3)N=C(N)N(C)C2=O)cc(CC)n1. The number of nitrogens with two attached hydrogens (primary N) is 1. The molecule has 0 saturated carbocycles. The number of hydrogen-bond acceptors (Lipinski definition) is 5. The first kappa shape index (κ1) is 21.5. The van der Waals surface area contributed by atoms with E-state index in [1.54, 1.807) is 0 Å². The lowest BCUT2D eigenvalue weighted by molar-refractivity contribution is -0.129. The van der Waals surface area contributed by atoms with Crippen molar-refractivity contribution in [1.82, 2.24) is 14.9 Å². The highest BCUT2D eigenvalue weighted by molar-refractivity contribution is 6.09. The summed E-state index contributed by atoms with van der Waals surface area (Å²) in [6, 6.07) is 8.94. The Morgan fingerprint density at radius 3 is 2.19 bits per heavy atom. The van der Waals surface area contributed by atoms with Crippen molar-refractivity contribution in [2.75, 3.05) is 7.05 Å². The Bertz CT molecular complexity index is 1220. The molecule has 4 rings (SSSR count). The molecule has 0 radical (unpaired) electrons. The maximum atomic E-state index is 14.8. The molecule has 0 saturated heterocycles. The van der Waals surface area contributed by atoms with Gasteiger partial charge in [-0.05, 0) is 54.3 Å². The molecule has 1 amide bonds. The molecule has 1 aliphatic rings. The van der Waals surface area contributed by atoms with Crippen molar-refractivity contribution in [3.63, 3.8) is 0 Å². The lowest BCUT2D eigenvalue weighted by Crippen LogP contribution is -2.41. The molecular formula is C24H23F2N5O. The van der Waals surface area contributed by atoms with Gasteiger partial charge < -0.3 is 5.73 Å². The standard InChI is InChI=1S/C24H23F2N5O/c1-4-16-10-15(11-17(5-2)29-16)24(22(32)31(3)23(27)30-24)14-6-7-20(25)18(12-14)19-13-28-9-8-21(19)26/h6-13H,4-5H2,1-3H3,(H2,27,30). The van der Waals surface area contributed by atoms with E-state index in [0.717, 1.165) is 17.5 Å². The van der Waals surface area contributed by atoms with Crippen molar-refractivity contribution in [2.24, 2.45) is 10.7 Å². The van der Waals surface area contributed by atoms with Gasteiger partial charge in [-0.25, -0.2) is 13.8 Å².